The fraction of sp³-hybridized carbons (Fsp3) is 0.500. The highest BCUT2D eigenvalue weighted by Crippen LogP contribution is 2.57. The van der Waals surface area contributed by atoms with Gasteiger partial charge in [-0.05, 0) is 39.5 Å². The van der Waals surface area contributed by atoms with Gasteiger partial charge in [0, 0.05) is 23.9 Å². The van der Waals surface area contributed by atoms with Crippen molar-refractivity contribution in [3.05, 3.63) is 35.6 Å². The Labute approximate surface area is 139 Å². The molecule has 2 atom stereocenters. The van der Waals surface area contributed by atoms with Crippen molar-refractivity contribution in [1.82, 2.24) is 20.2 Å². The molecule has 2 heterocycles. The maximum absolute atomic E-state index is 12.5. The van der Waals surface area contributed by atoms with E-state index in [1.54, 1.807) is 10.9 Å². The molecule has 126 valence electrons. The number of rotatable bonds is 2. The van der Waals surface area contributed by atoms with Crippen molar-refractivity contribution >= 4 is 11.7 Å². The molecule has 1 saturated carbocycles. The molecule has 4 rings (SSSR count). The number of azo groups is 1. The molecule has 1 aromatic rings. The van der Waals surface area contributed by atoms with Crippen LogP contribution in [0.3, 0.4) is 0 Å². The zero-order chi connectivity index (χ0) is 17.1. The second kappa shape index (κ2) is 5.01. The Bertz CT molecular complexity index is 798. The number of aromatic nitrogens is 2. The highest BCUT2D eigenvalue weighted by atomic mass is 16.5. The normalized spacial score (nSPS) is 24.7. The fourth-order valence-electron chi connectivity index (χ4n) is 3.23. The van der Waals surface area contributed by atoms with Crippen LogP contribution in [0.2, 0.25) is 0 Å². The van der Waals surface area contributed by atoms with Crippen molar-refractivity contribution in [2.45, 2.75) is 45.1 Å². The van der Waals surface area contributed by atoms with Crippen molar-refractivity contribution < 1.29 is 10.0 Å². The summed E-state index contributed by atoms with van der Waals surface area (Å²) in [5.41, 5.74) is 1.98. The van der Waals surface area contributed by atoms with Crippen LogP contribution in [0, 0.1) is 5.92 Å². The number of carbonyl (C=O) groups excluding carboxylic acids is 1. The monoisotopic (exact) mass is 328 g/mol. The van der Waals surface area contributed by atoms with E-state index in [1.807, 2.05) is 20.8 Å². The summed E-state index contributed by atoms with van der Waals surface area (Å²) in [6.07, 6.45) is 6.61. The van der Waals surface area contributed by atoms with Gasteiger partial charge in [0.1, 0.15) is 0 Å². The van der Waals surface area contributed by atoms with E-state index in [0.29, 0.717) is 23.4 Å². The molecule has 8 nitrogen and oxygen atoms in total. The van der Waals surface area contributed by atoms with Gasteiger partial charge in [-0.1, -0.05) is 0 Å². The third-order valence-electron chi connectivity index (χ3n) is 4.35. The first-order valence-electron chi connectivity index (χ1n) is 8.05. The molecule has 1 aromatic heterocycles. The summed E-state index contributed by atoms with van der Waals surface area (Å²) >= 11 is 0. The molecular weight excluding hydrogens is 308 g/mol. The average Bonchev–Trinajstić information content (AvgIpc) is 3.01. The van der Waals surface area contributed by atoms with Gasteiger partial charge in [0.25, 0.3) is 0 Å². The number of hydroxylamine groups is 2. The molecule has 0 spiro atoms. The lowest BCUT2D eigenvalue weighted by Gasteiger charge is -2.17. The van der Waals surface area contributed by atoms with Gasteiger partial charge in [0.15, 0.2) is 11.5 Å². The van der Waals surface area contributed by atoms with E-state index in [-0.39, 0.29) is 0 Å². The van der Waals surface area contributed by atoms with Crippen LogP contribution >= 0.6 is 0 Å². The van der Waals surface area contributed by atoms with Crippen LogP contribution in [0.15, 0.2) is 28.8 Å². The van der Waals surface area contributed by atoms with E-state index in [2.05, 4.69) is 20.6 Å². The topological polar surface area (TPSA) is 95.1 Å². The molecule has 0 bridgehead atoms. The van der Waals surface area contributed by atoms with Crippen LogP contribution in [0.4, 0.5) is 0 Å². The summed E-state index contributed by atoms with van der Waals surface area (Å²) in [6, 6.07) is 0. The van der Waals surface area contributed by atoms with Gasteiger partial charge in [0.05, 0.1) is 17.4 Å². The quantitative estimate of drug-likeness (QED) is 0.813. The van der Waals surface area contributed by atoms with Gasteiger partial charge in [-0.15, -0.1) is 5.11 Å². The van der Waals surface area contributed by atoms with Crippen molar-refractivity contribution in [2.24, 2.45) is 16.1 Å². The summed E-state index contributed by atoms with van der Waals surface area (Å²) in [5, 5.41) is 26.1. The average molecular weight is 328 g/mol. The zero-order valence-electron chi connectivity index (χ0n) is 13.9. The smallest absolute Gasteiger partial charge is 0.315 e. The first-order chi connectivity index (χ1) is 11.3. The van der Waals surface area contributed by atoms with E-state index in [0.717, 1.165) is 29.2 Å². The van der Waals surface area contributed by atoms with Crippen LogP contribution < -0.4 is 5.32 Å². The lowest BCUT2D eigenvalue weighted by molar-refractivity contribution is 0.00949. The van der Waals surface area contributed by atoms with E-state index in [4.69, 9.17) is 0 Å². The van der Waals surface area contributed by atoms with E-state index >= 15 is 0 Å². The van der Waals surface area contributed by atoms with Gasteiger partial charge >= 0.3 is 5.91 Å². The summed E-state index contributed by atoms with van der Waals surface area (Å²) in [6.45, 7) is 5.67. The van der Waals surface area contributed by atoms with E-state index in [9.17, 15) is 10.0 Å². The number of nitrogens with zero attached hydrogens (tertiary/aromatic N) is 5. The van der Waals surface area contributed by atoms with Gasteiger partial charge in [-0.25, -0.2) is 9.75 Å². The predicted molar refractivity (Wildman–Crippen MR) is 85.9 cm³/mol. The van der Waals surface area contributed by atoms with Gasteiger partial charge in [-0.3, -0.25) is 10.0 Å². The van der Waals surface area contributed by atoms with Crippen molar-refractivity contribution in [1.29, 1.82) is 0 Å². The molecule has 8 heteroatoms. The maximum atomic E-state index is 12.5. The number of nitrogens with one attached hydrogen (secondary N) is 1. The number of fused-ring (bicyclic) bond motifs is 3. The zero-order valence-corrected chi connectivity index (χ0v) is 13.9. The Morgan fingerprint density at radius 2 is 2.25 bits per heavy atom. The van der Waals surface area contributed by atoms with Crippen molar-refractivity contribution in [2.75, 3.05) is 0 Å². The minimum atomic E-state index is -0.408. The molecule has 0 radical (unpaired) electrons. The summed E-state index contributed by atoms with van der Waals surface area (Å²) in [5.74, 6) is 1.24. The molecule has 1 amide bonds. The molecule has 0 unspecified atom stereocenters. The van der Waals surface area contributed by atoms with Gasteiger partial charge in [0.2, 0.25) is 0 Å². The Kier molecular flexibility index (Phi) is 3.14. The van der Waals surface area contributed by atoms with E-state index in [1.165, 1.54) is 12.4 Å². The highest BCUT2D eigenvalue weighted by Gasteiger charge is 2.50. The predicted octanol–water partition coefficient (Wildman–Crippen LogP) is 2.46. The molecule has 1 fully saturated rings. The highest BCUT2D eigenvalue weighted by molar-refractivity contribution is 5.95. The molecule has 24 heavy (non-hydrogen) atoms. The van der Waals surface area contributed by atoms with Crippen LogP contribution in [-0.2, 0) is 6.42 Å². The molecule has 0 saturated heterocycles. The second-order valence-corrected chi connectivity index (χ2v) is 7.46. The fourth-order valence-corrected chi connectivity index (χ4v) is 3.23. The number of hydrogen-bond acceptors (Lipinski definition) is 6. The molecule has 2 N–H and O–H groups in total. The summed E-state index contributed by atoms with van der Waals surface area (Å²) < 4.78 is 1.72. The van der Waals surface area contributed by atoms with Crippen LogP contribution in [0.25, 0.3) is 5.82 Å². The van der Waals surface area contributed by atoms with Crippen molar-refractivity contribution in [3.8, 4) is 0 Å². The second-order valence-electron chi connectivity index (χ2n) is 7.46. The first kappa shape index (κ1) is 15.1. The molecule has 2 aliphatic carbocycles. The molecular formula is C16H20N6O2. The SMILES string of the molecule is CC(C)(C)N=NC(=O)c1nn(C2=CN(O)C=CN2)c2c1C[C@@H]1C[C@H]21. The maximum Gasteiger partial charge on any atom is 0.315 e. The Balaban J connectivity index is 1.73. The number of hydrogen-bond donors (Lipinski definition) is 2. The van der Waals surface area contributed by atoms with Gasteiger partial charge < -0.3 is 5.32 Å². The Morgan fingerprint density at radius 1 is 1.46 bits per heavy atom. The Hall–Kier alpha value is -2.48. The first-order valence-corrected chi connectivity index (χ1v) is 8.05. The summed E-state index contributed by atoms with van der Waals surface area (Å²) in [4.78, 5) is 12.5. The standard InChI is InChI=1S/C16H20N6O2/c1-16(2,3)20-18-15(23)13-11-7-9-6-10(9)14(11)22(19-13)12-8-21(24)5-4-17-12/h4-5,8-10,17,24H,6-7H2,1-3H3/t9-,10-/m0/s1. The van der Waals surface area contributed by atoms with Crippen LogP contribution in [0.5, 0.6) is 0 Å². The lowest BCUT2D eigenvalue weighted by atomic mass is 10.1. The molecule has 3 aliphatic rings. The lowest BCUT2D eigenvalue weighted by Crippen LogP contribution is -2.22. The van der Waals surface area contributed by atoms with E-state index < -0.39 is 11.4 Å². The summed E-state index contributed by atoms with van der Waals surface area (Å²) in [7, 11) is 0. The molecule has 0 aromatic carbocycles. The number of carbonyl (C=O) groups is 1. The molecule has 1 aliphatic heterocycles. The minimum absolute atomic E-state index is 0.368. The third kappa shape index (κ3) is 2.52. The van der Waals surface area contributed by atoms with Crippen molar-refractivity contribution in [3.63, 3.8) is 0 Å². The minimum Gasteiger partial charge on any atom is -0.344 e. The largest absolute Gasteiger partial charge is 0.344 e. The van der Waals surface area contributed by atoms with Crippen LogP contribution in [-0.4, -0.2) is 31.5 Å². The number of amides is 1. The van der Waals surface area contributed by atoms with Gasteiger partial charge in [-0.2, -0.15) is 10.2 Å². The third-order valence-corrected chi connectivity index (χ3v) is 4.35. The Morgan fingerprint density at radius 3 is 2.96 bits per heavy atom. The van der Waals surface area contributed by atoms with Crippen LogP contribution in [0.1, 0.15) is 54.9 Å².